The number of rotatable bonds is 2. The van der Waals surface area contributed by atoms with Gasteiger partial charge in [-0.3, -0.25) is 0 Å². The molecule has 43 valence electrons. The molecule has 0 amide bonds. The van der Waals surface area contributed by atoms with Crippen LogP contribution in [0.5, 0.6) is 0 Å². The minimum Gasteiger partial charge on any atom is -0.369 e. The van der Waals surface area contributed by atoms with Crippen molar-refractivity contribution in [1.82, 2.24) is 15.4 Å². The molecule has 0 bridgehead atoms. The van der Waals surface area contributed by atoms with Crippen molar-refractivity contribution in [3.8, 4) is 0 Å². The smallest absolute Gasteiger partial charge is 0.160 e. The third-order valence-electron chi connectivity index (χ3n) is 0.727. The molecule has 0 spiro atoms. The van der Waals surface area contributed by atoms with E-state index >= 15 is 0 Å². The standard InChI is InChI=1S/C4H7N4/c1-2-5-4-3-6-8-7-4/h2H2,1H3,(H2,5,6,7,8). The minimum absolute atomic E-state index is 0.743. The molecular formula is C4H7N4. The predicted molar refractivity (Wildman–Crippen MR) is 29.4 cm³/mol. The third kappa shape index (κ3) is 0.959. The molecule has 1 aromatic heterocycles. The first-order chi connectivity index (χ1) is 3.93. The Morgan fingerprint density at radius 2 is 2.75 bits per heavy atom. The monoisotopic (exact) mass is 111 g/mol. The second-order valence-electron chi connectivity index (χ2n) is 1.33. The lowest BCUT2D eigenvalue weighted by Crippen LogP contribution is -1.95. The van der Waals surface area contributed by atoms with Crippen LogP contribution in [-0.2, 0) is 0 Å². The fraction of sp³-hybridized carbons (Fsp3) is 0.500. The average molecular weight is 111 g/mol. The molecule has 0 atom stereocenters. The Labute approximate surface area is 47.3 Å². The van der Waals surface area contributed by atoms with Crippen molar-refractivity contribution < 1.29 is 0 Å². The summed E-state index contributed by atoms with van der Waals surface area (Å²) in [5.41, 5.74) is 0. The molecular weight excluding hydrogens is 104 g/mol. The van der Waals surface area contributed by atoms with E-state index in [1.54, 1.807) is 0 Å². The van der Waals surface area contributed by atoms with Crippen LogP contribution in [0.2, 0.25) is 0 Å². The SMILES string of the molecule is CCNc1[c]nn[nH]1. The van der Waals surface area contributed by atoms with Crippen molar-refractivity contribution in [2.24, 2.45) is 0 Å². The highest BCUT2D eigenvalue weighted by Gasteiger charge is 1.86. The van der Waals surface area contributed by atoms with Crippen LogP contribution in [0.4, 0.5) is 5.82 Å². The number of aromatic amines is 1. The Bertz CT molecular complexity index is 134. The maximum absolute atomic E-state index is 3.45. The van der Waals surface area contributed by atoms with Crippen LogP contribution in [-0.4, -0.2) is 22.0 Å². The highest BCUT2D eigenvalue weighted by molar-refractivity contribution is 5.26. The lowest BCUT2D eigenvalue weighted by Gasteiger charge is -1.91. The Morgan fingerprint density at radius 1 is 1.88 bits per heavy atom. The number of hydrogen-bond acceptors (Lipinski definition) is 3. The van der Waals surface area contributed by atoms with Gasteiger partial charge < -0.3 is 5.32 Å². The summed E-state index contributed by atoms with van der Waals surface area (Å²) in [5.74, 6) is 0.743. The summed E-state index contributed by atoms with van der Waals surface area (Å²) in [5, 5.41) is 12.5. The largest absolute Gasteiger partial charge is 0.369 e. The molecule has 4 heteroatoms. The molecule has 0 aliphatic heterocycles. The van der Waals surface area contributed by atoms with E-state index < -0.39 is 0 Å². The molecule has 2 N–H and O–H groups in total. The number of hydrogen-bond donors (Lipinski definition) is 2. The molecule has 8 heavy (non-hydrogen) atoms. The van der Waals surface area contributed by atoms with Crippen molar-refractivity contribution in [2.75, 3.05) is 11.9 Å². The highest BCUT2D eigenvalue weighted by atomic mass is 15.3. The molecule has 0 fully saturated rings. The molecule has 0 aromatic carbocycles. The zero-order chi connectivity index (χ0) is 5.82. The quantitative estimate of drug-likeness (QED) is 0.566. The third-order valence-corrected chi connectivity index (χ3v) is 0.727. The van der Waals surface area contributed by atoms with E-state index in [0.717, 1.165) is 12.4 Å². The van der Waals surface area contributed by atoms with E-state index in [1.165, 1.54) is 0 Å². The predicted octanol–water partition coefficient (Wildman–Crippen LogP) is 0.0367. The second-order valence-corrected chi connectivity index (χ2v) is 1.33. The fourth-order valence-corrected chi connectivity index (χ4v) is 0.431. The van der Waals surface area contributed by atoms with Crippen LogP contribution in [0.25, 0.3) is 0 Å². The highest BCUT2D eigenvalue weighted by Crippen LogP contribution is 1.90. The van der Waals surface area contributed by atoms with Gasteiger partial charge in [0, 0.05) is 6.54 Å². The van der Waals surface area contributed by atoms with Crippen LogP contribution in [0.15, 0.2) is 0 Å². The van der Waals surface area contributed by atoms with Gasteiger partial charge in [0.1, 0.15) is 0 Å². The molecule has 0 aliphatic rings. The van der Waals surface area contributed by atoms with Crippen molar-refractivity contribution in [2.45, 2.75) is 6.92 Å². The van der Waals surface area contributed by atoms with Crippen LogP contribution >= 0.6 is 0 Å². The molecule has 0 saturated carbocycles. The number of nitrogens with zero attached hydrogens (tertiary/aromatic N) is 2. The fourth-order valence-electron chi connectivity index (χ4n) is 0.431. The molecule has 1 rings (SSSR count). The zero-order valence-electron chi connectivity index (χ0n) is 4.60. The van der Waals surface area contributed by atoms with E-state index in [-0.39, 0.29) is 0 Å². The van der Waals surface area contributed by atoms with Crippen LogP contribution in [0.1, 0.15) is 6.92 Å². The Balaban J connectivity index is 2.50. The van der Waals surface area contributed by atoms with Crippen LogP contribution in [0, 0.1) is 6.20 Å². The molecule has 0 unspecified atom stereocenters. The van der Waals surface area contributed by atoms with Crippen molar-refractivity contribution in [3.63, 3.8) is 0 Å². The first-order valence-electron chi connectivity index (χ1n) is 2.46. The maximum atomic E-state index is 3.45. The summed E-state index contributed by atoms with van der Waals surface area (Å²) in [6, 6.07) is 0. The van der Waals surface area contributed by atoms with Gasteiger partial charge in [-0.2, -0.15) is 0 Å². The van der Waals surface area contributed by atoms with Crippen LogP contribution < -0.4 is 5.32 Å². The van der Waals surface area contributed by atoms with Gasteiger partial charge in [-0.1, -0.05) is 5.21 Å². The lowest BCUT2D eigenvalue weighted by atomic mass is 10.7. The van der Waals surface area contributed by atoms with E-state index in [9.17, 15) is 0 Å². The minimum atomic E-state index is 0.743. The zero-order valence-corrected chi connectivity index (χ0v) is 4.60. The van der Waals surface area contributed by atoms with Gasteiger partial charge in [0.25, 0.3) is 0 Å². The molecule has 4 nitrogen and oxygen atoms in total. The number of nitrogens with one attached hydrogen (secondary N) is 2. The van der Waals surface area contributed by atoms with E-state index in [0.29, 0.717) is 0 Å². The van der Waals surface area contributed by atoms with E-state index in [2.05, 4.69) is 26.9 Å². The topological polar surface area (TPSA) is 53.6 Å². The first-order valence-corrected chi connectivity index (χ1v) is 2.46. The summed E-state index contributed by atoms with van der Waals surface area (Å²) in [6.07, 6.45) is 2.61. The van der Waals surface area contributed by atoms with E-state index in [4.69, 9.17) is 0 Å². The molecule has 0 aliphatic carbocycles. The van der Waals surface area contributed by atoms with Crippen molar-refractivity contribution in [1.29, 1.82) is 0 Å². The van der Waals surface area contributed by atoms with Gasteiger partial charge >= 0.3 is 0 Å². The van der Waals surface area contributed by atoms with Crippen molar-refractivity contribution >= 4 is 5.82 Å². The normalized spacial score (nSPS) is 9.12. The Kier molecular flexibility index (Phi) is 1.46. The Morgan fingerprint density at radius 3 is 3.25 bits per heavy atom. The maximum Gasteiger partial charge on any atom is 0.160 e. The first kappa shape index (κ1) is 5.08. The summed E-state index contributed by atoms with van der Waals surface area (Å²) >= 11 is 0. The summed E-state index contributed by atoms with van der Waals surface area (Å²) in [6.45, 7) is 2.86. The van der Waals surface area contributed by atoms with Gasteiger partial charge in [-0.15, -0.1) is 5.10 Å². The average Bonchev–Trinajstić information content (AvgIpc) is 2.19. The lowest BCUT2D eigenvalue weighted by molar-refractivity contribution is 0.936. The van der Waals surface area contributed by atoms with Gasteiger partial charge in [0.15, 0.2) is 12.0 Å². The summed E-state index contributed by atoms with van der Waals surface area (Å²) < 4.78 is 0. The van der Waals surface area contributed by atoms with Gasteiger partial charge in [-0.25, -0.2) is 5.10 Å². The summed E-state index contributed by atoms with van der Waals surface area (Å²) in [4.78, 5) is 0. The summed E-state index contributed by atoms with van der Waals surface area (Å²) in [7, 11) is 0. The molecule has 1 radical (unpaired) electrons. The second kappa shape index (κ2) is 2.30. The molecule has 0 saturated heterocycles. The van der Waals surface area contributed by atoms with E-state index in [1.807, 2.05) is 6.92 Å². The number of H-pyrrole nitrogens is 1. The van der Waals surface area contributed by atoms with Crippen LogP contribution in [0.3, 0.4) is 0 Å². The van der Waals surface area contributed by atoms with Gasteiger partial charge in [0.2, 0.25) is 0 Å². The van der Waals surface area contributed by atoms with Gasteiger partial charge in [0.05, 0.1) is 0 Å². The molecule has 1 heterocycles. The van der Waals surface area contributed by atoms with Crippen molar-refractivity contribution in [3.05, 3.63) is 6.20 Å². The molecule has 1 aromatic rings. The Hall–Kier alpha value is -1.06. The van der Waals surface area contributed by atoms with Gasteiger partial charge in [-0.05, 0) is 6.92 Å². The number of aromatic nitrogens is 3. The number of anilines is 1.